The molecule has 2 fully saturated rings. The zero-order valence-electron chi connectivity index (χ0n) is 22.0. The average Bonchev–Trinajstić information content (AvgIpc) is 3.31. The third kappa shape index (κ3) is 6.99. The standard InChI is InChI=1S/C25H28Cl2F3N7O3S/c1-41(39,40)33-18-6-5-16(26)12-17(18)24(38)36-7-3-2-4-20(36)19-13-22-31-21(27)14-23(37(22)32-19)35-10-8-34(9-11-35)15-25(28,29)30/h5-6,12-14,20,33H,2-4,7-11,15H2,1H3. The molecule has 0 spiro atoms. The van der Waals surface area contributed by atoms with Crippen molar-refractivity contribution in [3.8, 4) is 0 Å². The highest BCUT2D eigenvalue weighted by molar-refractivity contribution is 7.92. The highest BCUT2D eigenvalue weighted by Crippen LogP contribution is 2.35. The van der Waals surface area contributed by atoms with Gasteiger partial charge in [0.05, 0.1) is 35.8 Å². The fourth-order valence-electron chi connectivity index (χ4n) is 5.34. The van der Waals surface area contributed by atoms with E-state index in [1.54, 1.807) is 21.5 Å². The number of sulfonamides is 1. The lowest BCUT2D eigenvalue weighted by Gasteiger charge is -2.36. The van der Waals surface area contributed by atoms with Gasteiger partial charge in [0.15, 0.2) is 5.65 Å². The van der Waals surface area contributed by atoms with E-state index in [0.717, 1.165) is 19.1 Å². The van der Waals surface area contributed by atoms with Crippen molar-refractivity contribution in [3.63, 3.8) is 0 Å². The van der Waals surface area contributed by atoms with Crippen molar-refractivity contribution in [1.29, 1.82) is 0 Å². The maximum atomic E-state index is 13.8. The van der Waals surface area contributed by atoms with E-state index in [4.69, 9.17) is 28.3 Å². The van der Waals surface area contributed by atoms with E-state index in [-0.39, 0.29) is 34.5 Å². The maximum Gasteiger partial charge on any atom is 0.401 e. The highest BCUT2D eigenvalue weighted by atomic mass is 35.5. The number of alkyl halides is 3. The smallest absolute Gasteiger partial charge is 0.354 e. The Kier molecular flexibility index (Phi) is 8.30. The predicted octanol–water partition coefficient (Wildman–Crippen LogP) is 4.46. The Balaban J connectivity index is 1.45. The van der Waals surface area contributed by atoms with E-state index in [1.165, 1.54) is 23.1 Å². The van der Waals surface area contributed by atoms with Crippen LogP contribution < -0.4 is 9.62 Å². The lowest BCUT2D eigenvalue weighted by atomic mass is 9.98. The van der Waals surface area contributed by atoms with Crippen LogP contribution in [-0.4, -0.2) is 90.4 Å². The zero-order chi connectivity index (χ0) is 29.5. The Labute approximate surface area is 245 Å². The first-order valence-corrected chi connectivity index (χ1v) is 15.6. The number of carbonyl (C=O) groups excluding carboxylic acids is 1. The molecule has 10 nitrogen and oxygen atoms in total. The number of nitrogens with one attached hydrogen (secondary N) is 1. The SMILES string of the molecule is CS(=O)(=O)Nc1ccc(Cl)cc1C(=O)N1CCCCC1c1cc2nc(Cl)cc(N3CCN(CC(F)(F)F)CC3)n2n1. The number of anilines is 2. The van der Waals surface area contributed by atoms with Crippen LogP contribution in [0.25, 0.3) is 5.65 Å². The molecule has 16 heteroatoms. The molecule has 0 radical (unpaired) electrons. The van der Waals surface area contributed by atoms with Crippen LogP contribution in [0.4, 0.5) is 24.7 Å². The van der Waals surface area contributed by atoms with E-state index >= 15 is 0 Å². The second-order valence-electron chi connectivity index (χ2n) is 10.2. The summed E-state index contributed by atoms with van der Waals surface area (Å²) in [5.74, 6) is 0.202. The molecular weight excluding hydrogens is 606 g/mol. The number of carbonyl (C=O) groups is 1. The summed E-state index contributed by atoms with van der Waals surface area (Å²) in [5, 5.41) is 5.28. The van der Waals surface area contributed by atoms with Gasteiger partial charge in [0.1, 0.15) is 11.0 Å². The summed E-state index contributed by atoms with van der Waals surface area (Å²) in [7, 11) is -3.66. The number of hydrogen-bond acceptors (Lipinski definition) is 7. The van der Waals surface area contributed by atoms with Gasteiger partial charge in [0, 0.05) is 49.9 Å². The van der Waals surface area contributed by atoms with Crippen molar-refractivity contribution in [2.45, 2.75) is 31.5 Å². The quantitative estimate of drug-likeness (QED) is 0.400. The number of piperazine rings is 1. The Morgan fingerprint density at radius 2 is 1.80 bits per heavy atom. The highest BCUT2D eigenvalue weighted by Gasteiger charge is 2.34. The maximum absolute atomic E-state index is 13.8. The molecule has 1 amide bonds. The topological polar surface area (TPSA) is 103 Å². The largest absolute Gasteiger partial charge is 0.401 e. The number of benzene rings is 1. The number of amides is 1. The first-order chi connectivity index (χ1) is 19.3. The van der Waals surface area contributed by atoms with E-state index < -0.39 is 34.7 Å². The van der Waals surface area contributed by atoms with Crippen molar-refractivity contribution in [2.75, 3.05) is 55.1 Å². The predicted molar refractivity (Wildman–Crippen MR) is 150 cm³/mol. The molecule has 2 saturated heterocycles. The molecule has 4 heterocycles. The van der Waals surface area contributed by atoms with Gasteiger partial charge in [-0.2, -0.15) is 22.8 Å². The van der Waals surface area contributed by atoms with Gasteiger partial charge in [-0.25, -0.2) is 13.4 Å². The van der Waals surface area contributed by atoms with Crippen LogP contribution >= 0.6 is 23.2 Å². The number of fused-ring (bicyclic) bond motifs is 1. The second kappa shape index (κ2) is 11.5. The van der Waals surface area contributed by atoms with Gasteiger partial charge in [-0.1, -0.05) is 23.2 Å². The van der Waals surface area contributed by atoms with Gasteiger partial charge in [-0.05, 0) is 37.5 Å². The number of halogens is 5. The van der Waals surface area contributed by atoms with E-state index in [0.29, 0.717) is 43.2 Å². The molecule has 1 N–H and O–H groups in total. The summed E-state index contributed by atoms with van der Waals surface area (Å²) >= 11 is 12.5. The van der Waals surface area contributed by atoms with Crippen LogP contribution in [0.1, 0.15) is 41.4 Å². The summed E-state index contributed by atoms with van der Waals surface area (Å²) in [5.41, 5.74) is 1.27. The minimum absolute atomic E-state index is 0.122. The van der Waals surface area contributed by atoms with Gasteiger partial charge >= 0.3 is 6.18 Å². The summed E-state index contributed by atoms with van der Waals surface area (Å²) in [6, 6.07) is 7.33. The molecule has 41 heavy (non-hydrogen) atoms. The molecule has 2 aliphatic rings. The summed E-state index contributed by atoms with van der Waals surface area (Å²) in [4.78, 5) is 23.1. The fourth-order valence-corrected chi connectivity index (χ4v) is 6.28. The first-order valence-electron chi connectivity index (χ1n) is 13.0. The van der Waals surface area contributed by atoms with Gasteiger partial charge in [-0.15, -0.1) is 0 Å². The Bertz CT molecular complexity index is 1560. The minimum atomic E-state index is -4.26. The lowest BCUT2D eigenvalue weighted by molar-refractivity contribution is -0.146. The van der Waals surface area contributed by atoms with Crippen molar-refractivity contribution in [1.82, 2.24) is 24.4 Å². The molecule has 1 aromatic carbocycles. The van der Waals surface area contributed by atoms with E-state index in [9.17, 15) is 26.4 Å². The summed E-state index contributed by atoms with van der Waals surface area (Å²) in [6.45, 7) is 0.607. The number of aromatic nitrogens is 3. The van der Waals surface area contributed by atoms with Gasteiger partial charge in [0.2, 0.25) is 10.0 Å². The zero-order valence-corrected chi connectivity index (χ0v) is 24.4. The van der Waals surface area contributed by atoms with Crippen LogP contribution in [0, 0.1) is 0 Å². The van der Waals surface area contributed by atoms with Crippen molar-refractivity contribution >= 4 is 56.3 Å². The van der Waals surface area contributed by atoms with Gasteiger partial charge in [-0.3, -0.25) is 14.4 Å². The average molecular weight is 635 g/mol. The van der Waals surface area contributed by atoms with Crippen LogP contribution in [0.2, 0.25) is 10.2 Å². The van der Waals surface area contributed by atoms with E-state index in [1.807, 2.05) is 4.90 Å². The van der Waals surface area contributed by atoms with E-state index in [2.05, 4.69) is 9.71 Å². The van der Waals surface area contributed by atoms with Crippen LogP contribution in [0.15, 0.2) is 30.3 Å². The number of hydrogen-bond donors (Lipinski definition) is 1. The molecule has 0 bridgehead atoms. The van der Waals surface area contributed by atoms with Crippen LogP contribution in [0.3, 0.4) is 0 Å². The minimum Gasteiger partial charge on any atom is -0.354 e. The molecule has 1 unspecified atom stereocenters. The normalized spacial score (nSPS) is 19.1. The second-order valence-corrected chi connectivity index (χ2v) is 12.8. The molecule has 2 aromatic heterocycles. The van der Waals surface area contributed by atoms with Crippen molar-refractivity contribution in [3.05, 3.63) is 51.8 Å². The number of likely N-dealkylation sites (tertiary alicyclic amines) is 1. The Morgan fingerprint density at radius 1 is 1.07 bits per heavy atom. The lowest BCUT2D eigenvalue weighted by Crippen LogP contribution is -2.49. The van der Waals surface area contributed by atoms with Crippen LogP contribution in [-0.2, 0) is 10.0 Å². The fraction of sp³-hybridized carbons (Fsp3) is 0.480. The molecule has 1 atom stereocenters. The number of rotatable bonds is 6. The molecule has 0 aliphatic carbocycles. The van der Waals surface area contributed by atoms with Gasteiger partial charge < -0.3 is 9.80 Å². The first kappa shape index (κ1) is 29.7. The molecule has 222 valence electrons. The molecule has 0 saturated carbocycles. The van der Waals surface area contributed by atoms with Crippen molar-refractivity contribution < 1.29 is 26.4 Å². The molecule has 3 aromatic rings. The summed E-state index contributed by atoms with van der Waals surface area (Å²) < 4.78 is 66.4. The third-order valence-corrected chi connectivity index (χ3v) is 8.13. The number of piperidine rings is 1. The van der Waals surface area contributed by atoms with Gasteiger partial charge in [0.25, 0.3) is 5.91 Å². The number of nitrogens with zero attached hydrogens (tertiary/aromatic N) is 6. The third-order valence-electron chi connectivity index (χ3n) is 7.11. The molecule has 5 rings (SSSR count). The molecule has 2 aliphatic heterocycles. The monoisotopic (exact) mass is 633 g/mol. The summed E-state index contributed by atoms with van der Waals surface area (Å²) in [6.07, 6.45) is -1.05. The van der Waals surface area contributed by atoms with Crippen LogP contribution in [0.5, 0.6) is 0 Å². The molecular formula is C25H28Cl2F3N7O3S. The Morgan fingerprint density at radius 3 is 2.49 bits per heavy atom. The van der Waals surface area contributed by atoms with Crippen molar-refractivity contribution in [2.24, 2.45) is 0 Å². The Hall–Kier alpha value is -2.81.